The Kier molecular flexibility index (Phi) is 10.4. The van der Waals surface area contributed by atoms with Crippen LogP contribution < -0.4 is 5.30 Å². The van der Waals surface area contributed by atoms with Crippen LogP contribution in [0.2, 0.25) is 0 Å². The van der Waals surface area contributed by atoms with Crippen molar-refractivity contribution in [2.24, 2.45) is 0 Å². The van der Waals surface area contributed by atoms with Gasteiger partial charge in [-0.2, -0.15) is 0 Å². The molecule has 0 radical (unpaired) electrons. The Morgan fingerprint density at radius 3 is 0.822 bits per heavy atom. The van der Waals surface area contributed by atoms with Crippen molar-refractivity contribution in [3.63, 3.8) is 0 Å². The minimum Gasteiger partial charge on any atom is -0.0727 e. The van der Waals surface area contributed by atoms with E-state index in [4.69, 9.17) is 22.5 Å². The van der Waals surface area contributed by atoms with Crippen molar-refractivity contribution in [3.05, 3.63) is 75.8 Å². The Hall–Kier alpha value is -1.33. The molecule has 0 fully saturated rings. The van der Waals surface area contributed by atoms with Crippen LogP contribution in [-0.2, 0) is 32.5 Å². The first-order valence-corrected chi connectivity index (χ1v) is 19.8. The maximum atomic E-state index is 7.22. The molecule has 0 spiro atoms. The van der Waals surface area contributed by atoms with Crippen molar-refractivity contribution < 1.29 is 0 Å². The predicted octanol–water partition coefficient (Wildman–Crippen LogP) is 14.2. The summed E-state index contributed by atoms with van der Waals surface area (Å²) in [6.07, 6.45) is 0. The quantitative estimate of drug-likeness (QED) is 0.244. The Morgan fingerprint density at radius 1 is 0.400 bits per heavy atom. The van der Waals surface area contributed by atoms with E-state index < -0.39 is 6.63 Å². The molecule has 0 aliphatic rings. The van der Waals surface area contributed by atoms with Crippen molar-refractivity contribution in [3.8, 4) is 22.3 Å². The van der Waals surface area contributed by atoms with Crippen LogP contribution >= 0.6 is 29.1 Å². The fourth-order valence-corrected chi connectivity index (χ4v) is 8.06. The molecule has 0 amide bonds. The third-order valence-corrected chi connectivity index (χ3v) is 10.8. The summed E-state index contributed by atoms with van der Waals surface area (Å²) < 4.78 is 0. The predicted molar refractivity (Wildman–Crippen MR) is 208 cm³/mol. The summed E-state index contributed by atoms with van der Waals surface area (Å²) in [6, 6.07) is 16.6. The minimum atomic E-state index is -1.49. The van der Waals surface area contributed by atoms with Crippen molar-refractivity contribution in [1.29, 1.82) is 0 Å². The Morgan fingerprint density at radius 2 is 0.644 bits per heavy atom. The van der Waals surface area contributed by atoms with Gasteiger partial charge in [0.25, 0.3) is 0 Å². The normalized spacial score (nSPS) is 14.0. The topological polar surface area (TPSA) is 0 Å². The van der Waals surface area contributed by atoms with Crippen molar-refractivity contribution in [2.75, 3.05) is 0 Å². The van der Waals surface area contributed by atoms with Gasteiger partial charge in [-0.05, 0) is 88.1 Å². The van der Waals surface area contributed by atoms with Gasteiger partial charge in [-0.25, -0.2) is 0 Å². The zero-order valence-electron chi connectivity index (χ0n) is 31.7. The summed E-state index contributed by atoms with van der Waals surface area (Å²) in [6.45, 7) is 40.4. The molecule has 0 unspecified atom stereocenters. The van der Waals surface area contributed by atoms with E-state index in [1.165, 1.54) is 55.6 Å². The number of hydrogen-bond donors (Lipinski definition) is 0. The van der Waals surface area contributed by atoms with Crippen LogP contribution in [0.3, 0.4) is 0 Å². The highest BCUT2D eigenvalue weighted by molar-refractivity contribution is 8.09. The summed E-state index contributed by atoms with van der Waals surface area (Å²) in [5.41, 5.74) is 12.7. The van der Waals surface area contributed by atoms with Gasteiger partial charge in [0.1, 0.15) is 6.63 Å². The van der Waals surface area contributed by atoms with Crippen LogP contribution in [0.5, 0.6) is 0 Å². The second-order valence-electron chi connectivity index (χ2n) is 19.3. The van der Waals surface area contributed by atoms with Gasteiger partial charge in [0.15, 0.2) is 0 Å². The van der Waals surface area contributed by atoms with E-state index in [0.29, 0.717) is 0 Å². The summed E-state index contributed by atoms with van der Waals surface area (Å²) in [5, 5.41) is 1.06. The van der Waals surface area contributed by atoms with Crippen molar-refractivity contribution in [2.45, 2.75) is 157 Å². The maximum Gasteiger partial charge on any atom is 0.118 e. The second-order valence-corrected chi connectivity index (χ2v) is 22.8. The molecule has 45 heavy (non-hydrogen) atoms. The Labute approximate surface area is 288 Å². The van der Waals surface area contributed by atoms with Gasteiger partial charge in [0.05, 0.1) is 0 Å². The fourth-order valence-electron chi connectivity index (χ4n) is 6.23. The zero-order chi connectivity index (χ0) is 34.9. The molecule has 3 aromatic rings. The van der Waals surface area contributed by atoms with Gasteiger partial charge < -0.3 is 0 Å². The summed E-state index contributed by atoms with van der Waals surface area (Å²) in [7, 11) is 0. The average Bonchev–Trinajstić information content (AvgIpc) is 2.83. The molecular weight excluding hydrogens is 606 g/mol. The van der Waals surface area contributed by atoms with Gasteiger partial charge in [0.2, 0.25) is 0 Å². The second kappa shape index (κ2) is 12.3. The van der Waals surface area contributed by atoms with Crippen LogP contribution in [-0.4, -0.2) is 0 Å². The molecule has 0 saturated carbocycles. The van der Waals surface area contributed by atoms with Crippen molar-refractivity contribution in [1.82, 2.24) is 0 Å². The van der Waals surface area contributed by atoms with Crippen molar-refractivity contribution >= 4 is 34.4 Å². The number of hydrogen-bond acceptors (Lipinski definition) is 0. The lowest BCUT2D eigenvalue weighted by molar-refractivity contribution is 0.550. The van der Waals surface area contributed by atoms with E-state index in [1.807, 2.05) is 0 Å². The van der Waals surface area contributed by atoms with Gasteiger partial charge in [0, 0.05) is 5.30 Å². The summed E-state index contributed by atoms with van der Waals surface area (Å²) in [5.74, 6) is 0. The third-order valence-electron chi connectivity index (χ3n) is 8.98. The van der Waals surface area contributed by atoms with Crippen LogP contribution in [0, 0.1) is 0 Å². The fraction of sp³-hybridized carbons (Fsp3) is 0.571. The molecule has 0 aliphatic heterocycles. The molecule has 3 rings (SSSR count). The van der Waals surface area contributed by atoms with Crippen LogP contribution in [0.1, 0.15) is 158 Å². The van der Waals surface area contributed by atoms with Crippen LogP contribution in [0.4, 0.5) is 0 Å². The average molecular weight is 668 g/mol. The Bertz CT molecular complexity index is 1370. The molecule has 0 N–H and O–H groups in total. The SMILES string of the molecule is CC(C)(C)c1cc(C(C)(C)C)c(-c2cccc(-c3c(C(C)(C)C)cc(C(C)(C)C)cc3C(C)(C)C)c2P(Cl)Cl)c(C(C)(C)C)c1. The molecule has 0 bridgehead atoms. The highest BCUT2D eigenvalue weighted by atomic mass is 35.9. The van der Waals surface area contributed by atoms with E-state index in [9.17, 15) is 0 Å². The lowest BCUT2D eigenvalue weighted by atomic mass is 9.69. The maximum absolute atomic E-state index is 7.22. The summed E-state index contributed by atoms with van der Waals surface area (Å²) >= 11 is 14.4. The lowest BCUT2D eigenvalue weighted by Crippen LogP contribution is -2.25. The van der Waals surface area contributed by atoms with E-state index in [0.717, 1.165) is 5.30 Å². The molecule has 3 heteroatoms. The monoisotopic (exact) mass is 666 g/mol. The van der Waals surface area contributed by atoms with Gasteiger partial charge >= 0.3 is 0 Å². The standard InChI is InChI=1S/C42H61Cl2P/c1-37(2,3)26-22-30(39(7,8)9)34(31(23-26)40(10,11)12)28-20-19-21-29(36(28)45(43)44)35-32(41(13,14)15)24-27(38(4,5)6)25-33(35)42(16,17)18/h19-25H,1-18H3. The third kappa shape index (κ3) is 8.22. The zero-order valence-corrected chi connectivity index (χ0v) is 34.2. The number of halogens is 2. The lowest BCUT2D eigenvalue weighted by Gasteiger charge is -2.36. The van der Waals surface area contributed by atoms with Crippen LogP contribution in [0.25, 0.3) is 22.3 Å². The van der Waals surface area contributed by atoms with E-state index >= 15 is 0 Å². The van der Waals surface area contributed by atoms with Crippen LogP contribution in [0.15, 0.2) is 42.5 Å². The molecule has 0 atom stereocenters. The van der Waals surface area contributed by atoms with Gasteiger partial charge in [-0.3, -0.25) is 0 Å². The van der Waals surface area contributed by atoms with E-state index in [1.54, 1.807) is 0 Å². The largest absolute Gasteiger partial charge is 0.118 e. The first-order chi connectivity index (χ1) is 20.0. The molecule has 0 nitrogen and oxygen atoms in total. The smallest absolute Gasteiger partial charge is 0.0727 e. The Balaban J connectivity index is 2.71. The highest BCUT2D eigenvalue weighted by Gasteiger charge is 2.35. The van der Waals surface area contributed by atoms with E-state index in [2.05, 4.69) is 167 Å². The molecule has 3 aromatic carbocycles. The highest BCUT2D eigenvalue weighted by Crippen LogP contribution is 2.54. The molecule has 0 saturated heterocycles. The molecular formula is C42H61Cl2P. The first-order valence-electron chi connectivity index (χ1n) is 16.6. The molecule has 248 valence electrons. The van der Waals surface area contributed by atoms with Gasteiger partial charge in [-0.1, -0.05) is 190 Å². The molecule has 0 aromatic heterocycles. The summed E-state index contributed by atoms with van der Waals surface area (Å²) in [4.78, 5) is 0. The number of benzene rings is 3. The van der Waals surface area contributed by atoms with Gasteiger partial charge in [-0.15, -0.1) is 0 Å². The number of rotatable bonds is 3. The minimum absolute atomic E-state index is 0.0207. The van der Waals surface area contributed by atoms with E-state index in [-0.39, 0.29) is 32.5 Å². The molecule has 0 heterocycles. The first kappa shape index (κ1) is 38.1. The molecule has 0 aliphatic carbocycles.